The average Bonchev–Trinajstić information content (AvgIpc) is 3.25. The minimum atomic E-state index is -4.16. The van der Waals surface area contributed by atoms with Gasteiger partial charge in [-0.1, -0.05) is 12.1 Å². The summed E-state index contributed by atoms with van der Waals surface area (Å²) in [6.07, 6.45) is 0. The predicted molar refractivity (Wildman–Crippen MR) is 168 cm³/mol. The van der Waals surface area contributed by atoms with E-state index in [0.29, 0.717) is 10.9 Å². The molecule has 13 heteroatoms. The van der Waals surface area contributed by atoms with E-state index in [9.17, 15) is 18.0 Å². The number of sulfone groups is 1. The largest absolute Gasteiger partial charge is 0.494 e. The number of carbonyl (C=O) groups is 2. The van der Waals surface area contributed by atoms with E-state index in [1.165, 1.54) is 30.3 Å². The van der Waals surface area contributed by atoms with Gasteiger partial charge in [-0.2, -0.15) is 0 Å². The molecule has 2 saturated heterocycles. The minimum absolute atomic E-state index is 0.00380. The van der Waals surface area contributed by atoms with E-state index in [0.717, 1.165) is 0 Å². The van der Waals surface area contributed by atoms with Gasteiger partial charge >= 0.3 is 20.2 Å². The Balaban J connectivity index is 1.72. The van der Waals surface area contributed by atoms with Gasteiger partial charge in [-0.15, -0.1) is 0 Å². The Morgan fingerprint density at radius 1 is 0.750 bits per heavy atom. The first kappa shape index (κ1) is 34.2. The summed E-state index contributed by atoms with van der Waals surface area (Å²) in [5.41, 5.74) is -2.45. The Morgan fingerprint density at radius 2 is 1.23 bits per heavy atom. The molecule has 238 valence electrons. The molecular formula is C31H43B2NO9S. The lowest BCUT2D eigenvalue weighted by Crippen LogP contribution is -2.41. The first-order chi connectivity index (χ1) is 19.9. The highest BCUT2D eigenvalue weighted by Gasteiger charge is 2.53. The highest BCUT2D eigenvalue weighted by atomic mass is 32.2. The maximum absolute atomic E-state index is 14.1. The predicted octanol–water partition coefficient (Wildman–Crippen LogP) is 3.19. The molecule has 1 N–H and O–H groups in total. The summed E-state index contributed by atoms with van der Waals surface area (Å²) in [4.78, 5) is 25.4. The molecular weight excluding hydrogens is 584 g/mol. The molecule has 0 aliphatic carbocycles. The van der Waals surface area contributed by atoms with Crippen LogP contribution in [0.25, 0.3) is 0 Å². The summed E-state index contributed by atoms with van der Waals surface area (Å²) in [6, 6.07) is 10.6. The summed E-state index contributed by atoms with van der Waals surface area (Å²) in [5, 5.41) is 2.53. The van der Waals surface area contributed by atoms with Crippen molar-refractivity contribution in [3.63, 3.8) is 0 Å². The maximum atomic E-state index is 14.1. The first-order valence-corrected chi connectivity index (χ1v) is 16.1. The van der Waals surface area contributed by atoms with Crippen molar-refractivity contribution in [1.29, 1.82) is 0 Å². The third-order valence-corrected chi connectivity index (χ3v) is 10.3. The van der Waals surface area contributed by atoms with E-state index >= 15 is 0 Å². The molecule has 2 aliphatic rings. The third-order valence-electron chi connectivity index (χ3n) is 8.53. The zero-order valence-electron chi connectivity index (χ0n) is 27.5. The number of amides is 1. The zero-order valence-corrected chi connectivity index (χ0v) is 28.3. The van der Waals surface area contributed by atoms with Crippen LogP contribution in [0.4, 0.5) is 0 Å². The van der Waals surface area contributed by atoms with Crippen LogP contribution in [-0.2, 0) is 38.0 Å². The first-order valence-electron chi connectivity index (χ1n) is 14.7. The number of rotatable bonds is 7. The molecule has 0 aromatic heterocycles. The van der Waals surface area contributed by atoms with Gasteiger partial charge in [-0.05, 0) is 117 Å². The third kappa shape index (κ3) is 6.92. The van der Waals surface area contributed by atoms with Gasteiger partial charge in [0.15, 0.2) is 0 Å². The lowest BCUT2D eigenvalue weighted by atomic mass is 9.78. The van der Waals surface area contributed by atoms with Crippen molar-refractivity contribution in [1.82, 2.24) is 5.32 Å². The molecule has 0 bridgehead atoms. The number of benzene rings is 2. The van der Waals surface area contributed by atoms with E-state index in [4.69, 9.17) is 23.4 Å². The lowest BCUT2D eigenvalue weighted by Gasteiger charge is -2.32. The normalized spacial score (nSPS) is 20.4. The molecule has 1 amide bonds. The van der Waals surface area contributed by atoms with E-state index in [2.05, 4.69) is 5.32 Å². The highest BCUT2D eigenvalue weighted by Crippen LogP contribution is 2.38. The fourth-order valence-electron chi connectivity index (χ4n) is 4.60. The molecule has 0 radical (unpaired) electrons. The summed E-state index contributed by atoms with van der Waals surface area (Å²) in [7, 11) is -5.87. The molecule has 0 saturated carbocycles. The second-order valence-corrected chi connectivity index (χ2v) is 16.3. The molecule has 0 spiro atoms. The Kier molecular flexibility index (Phi) is 8.76. The SMILES string of the molecule is CC(C)(C)OC(=O)CNC(=O)c1cc(B2OC(C)(C)C(C)(C)O2)cc(S(=O)(=O)c2cccc(B3OC(C)(C)C(C)(C)O3)c2)c1. The molecule has 2 heterocycles. The second kappa shape index (κ2) is 11.3. The second-order valence-electron chi connectivity index (χ2n) is 14.3. The number of ether oxygens (including phenoxy) is 1. The van der Waals surface area contributed by atoms with Crippen molar-refractivity contribution in [2.24, 2.45) is 0 Å². The summed E-state index contributed by atoms with van der Waals surface area (Å²) >= 11 is 0. The van der Waals surface area contributed by atoms with Crippen LogP contribution in [0, 0.1) is 0 Å². The molecule has 10 nitrogen and oxygen atoms in total. The van der Waals surface area contributed by atoms with Crippen LogP contribution in [0.15, 0.2) is 52.3 Å². The molecule has 2 aliphatic heterocycles. The van der Waals surface area contributed by atoms with Crippen molar-refractivity contribution in [3.05, 3.63) is 48.0 Å². The average molecular weight is 627 g/mol. The van der Waals surface area contributed by atoms with E-state index in [1.54, 1.807) is 32.9 Å². The van der Waals surface area contributed by atoms with Crippen LogP contribution >= 0.6 is 0 Å². The molecule has 0 atom stereocenters. The fourth-order valence-corrected chi connectivity index (χ4v) is 5.99. The smallest absolute Gasteiger partial charge is 0.459 e. The Morgan fingerprint density at radius 3 is 1.73 bits per heavy atom. The van der Waals surface area contributed by atoms with Gasteiger partial charge in [0.1, 0.15) is 12.1 Å². The van der Waals surface area contributed by atoms with Gasteiger partial charge in [0, 0.05) is 5.56 Å². The fraction of sp³-hybridized carbons (Fsp3) is 0.548. The summed E-state index contributed by atoms with van der Waals surface area (Å²) in [5.74, 6) is -1.28. The van der Waals surface area contributed by atoms with Gasteiger partial charge in [0.2, 0.25) is 9.84 Å². The summed E-state index contributed by atoms with van der Waals surface area (Å²) in [6.45, 7) is 20.0. The number of carbonyl (C=O) groups excluding carboxylic acids is 2. The summed E-state index contributed by atoms with van der Waals surface area (Å²) < 4.78 is 58.1. The van der Waals surface area contributed by atoms with Gasteiger partial charge in [-0.25, -0.2) is 8.42 Å². The van der Waals surface area contributed by atoms with Crippen LogP contribution < -0.4 is 16.2 Å². The van der Waals surface area contributed by atoms with Crippen molar-refractivity contribution in [2.75, 3.05) is 6.54 Å². The van der Waals surface area contributed by atoms with Gasteiger partial charge in [0.05, 0.1) is 32.2 Å². The highest BCUT2D eigenvalue weighted by molar-refractivity contribution is 7.91. The molecule has 2 aromatic rings. The monoisotopic (exact) mass is 627 g/mol. The van der Waals surface area contributed by atoms with E-state index < -0.39 is 70.5 Å². The number of hydrogen-bond acceptors (Lipinski definition) is 9. The van der Waals surface area contributed by atoms with Crippen LogP contribution in [0.2, 0.25) is 0 Å². The Hall–Kier alpha value is -2.70. The van der Waals surface area contributed by atoms with Gasteiger partial charge in [-0.3, -0.25) is 9.59 Å². The Bertz CT molecular complexity index is 1530. The van der Waals surface area contributed by atoms with Gasteiger partial charge < -0.3 is 28.7 Å². The molecule has 44 heavy (non-hydrogen) atoms. The van der Waals surface area contributed by atoms with Crippen LogP contribution in [0.3, 0.4) is 0 Å². The van der Waals surface area contributed by atoms with E-state index in [-0.39, 0.29) is 15.4 Å². The van der Waals surface area contributed by atoms with Crippen LogP contribution in [-0.4, -0.2) is 69.1 Å². The molecule has 0 unspecified atom stereocenters. The molecule has 2 aromatic carbocycles. The Labute approximate surface area is 261 Å². The maximum Gasteiger partial charge on any atom is 0.494 e. The standard InChI is InChI=1S/C31H43B2NO9S/c1-27(2,3)39-25(35)19-34-26(36)20-15-22(33-42-30(8,9)31(10,11)43-33)18-24(16-20)44(37,38)23-14-12-13-21(17-23)32-40-28(4,5)29(6,7)41-32/h12-18H,19H2,1-11H3,(H,34,36). The van der Waals surface area contributed by atoms with Crippen molar-refractivity contribution >= 4 is 46.9 Å². The van der Waals surface area contributed by atoms with Crippen LogP contribution in [0.5, 0.6) is 0 Å². The molecule has 4 rings (SSSR count). The van der Waals surface area contributed by atoms with Gasteiger partial charge in [0.25, 0.3) is 5.91 Å². The van der Waals surface area contributed by atoms with Crippen LogP contribution in [0.1, 0.15) is 86.5 Å². The minimum Gasteiger partial charge on any atom is -0.459 e. The van der Waals surface area contributed by atoms with Crippen molar-refractivity contribution < 1.29 is 41.4 Å². The number of esters is 1. The van der Waals surface area contributed by atoms with Crippen molar-refractivity contribution in [2.45, 2.75) is 114 Å². The quantitative estimate of drug-likeness (QED) is 0.364. The lowest BCUT2D eigenvalue weighted by molar-refractivity contribution is -0.153. The topological polar surface area (TPSA) is 126 Å². The zero-order chi connectivity index (χ0) is 33.1. The molecule has 2 fully saturated rings. The number of nitrogens with one attached hydrogen (secondary N) is 1. The van der Waals surface area contributed by atoms with E-state index in [1.807, 2.05) is 55.4 Å². The van der Waals surface area contributed by atoms with Crippen molar-refractivity contribution in [3.8, 4) is 0 Å². The number of hydrogen-bond donors (Lipinski definition) is 1.